The van der Waals surface area contributed by atoms with E-state index >= 15 is 0 Å². The lowest BCUT2D eigenvalue weighted by Crippen LogP contribution is -2.01. The zero-order valence-corrected chi connectivity index (χ0v) is 11.8. The summed E-state index contributed by atoms with van der Waals surface area (Å²) in [5, 5.41) is 3.92. The van der Waals surface area contributed by atoms with Gasteiger partial charge in [-0.2, -0.15) is 4.98 Å². The van der Waals surface area contributed by atoms with Gasteiger partial charge in [-0.3, -0.25) is 0 Å². The summed E-state index contributed by atoms with van der Waals surface area (Å²) in [4.78, 5) is 4.31. The Bertz CT molecular complexity index is 538. The van der Waals surface area contributed by atoms with Gasteiger partial charge in [0, 0.05) is 17.3 Å². The highest BCUT2D eigenvalue weighted by atomic mass is 79.9. The molecule has 0 aliphatic carbocycles. The monoisotopic (exact) mass is 311 g/mol. The molecule has 0 aliphatic heterocycles. The summed E-state index contributed by atoms with van der Waals surface area (Å²) in [6.45, 7) is 2.00. The molecular weight excluding hydrogens is 298 g/mol. The van der Waals surface area contributed by atoms with Gasteiger partial charge in [-0.25, -0.2) is 0 Å². The predicted molar refractivity (Wildman–Crippen MR) is 71.9 cm³/mol. The number of nitrogens with zero attached hydrogens (tertiary/aromatic N) is 2. The first-order valence-corrected chi connectivity index (χ1v) is 6.36. The first kappa shape index (κ1) is 13.0. The van der Waals surface area contributed by atoms with Crippen LogP contribution in [0.5, 0.6) is 0 Å². The van der Waals surface area contributed by atoms with Gasteiger partial charge in [-0.1, -0.05) is 28.0 Å². The van der Waals surface area contributed by atoms with Gasteiger partial charge in [-0.15, -0.1) is 0 Å². The fraction of sp³-hybridized carbons (Fsp3) is 0.333. The Morgan fingerprint density at radius 2 is 2.28 bits per heavy atom. The largest absolute Gasteiger partial charge is 0.398 e. The zero-order chi connectivity index (χ0) is 13.1. The molecule has 0 saturated heterocycles. The minimum atomic E-state index is -0.154. The number of rotatable bonds is 4. The van der Waals surface area contributed by atoms with Crippen LogP contribution >= 0.6 is 15.9 Å². The molecule has 5 nitrogen and oxygen atoms in total. The molecule has 0 saturated carbocycles. The van der Waals surface area contributed by atoms with Crippen LogP contribution in [0, 0.1) is 0 Å². The van der Waals surface area contributed by atoms with Crippen LogP contribution in [-0.4, -0.2) is 17.3 Å². The van der Waals surface area contributed by atoms with Crippen molar-refractivity contribution in [1.82, 2.24) is 10.1 Å². The van der Waals surface area contributed by atoms with Gasteiger partial charge in [0.25, 0.3) is 5.89 Å². The summed E-state index contributed by atoms with van der Waals surface area (Å²) in [7, 11) is 1.62. The Morgan fingerprint density at radius 3 is 2.89 bits per heavy atom. The fourth-order valence-electron chi connectivity index (χ4n) is 1.66. The van der Waals surface area contributed by atoms with Crippen LogP contribution in [0.2, 0.25) is 0 Å². The third-order valence-corrected chi connectivity index (χ3v) is 3.12. The normalized spacial score (nSPS) is 12.6. The second-order valence-corrected chi connectivity index (χ2v) is 4.74. The van der Waals surface area contributed by atoms with Crippen LogP contribution in [0.15, 0.2) is 27.2 Å². The maximum atomic E-state index is 5.91. The topological polar surface area (TPSA) is 74.2 Å². The number of benzene rings is 1. The maximum Gasteiger partial charge on any atom is 0.260 e. The highest BCUT2D eigenvalue weighted by molar-refractivity contribution is 9.10. The number of anilines is 1. The average Bonchev–Trinajstić information content (AvgIpc) is 2.80. The van der Waals surface area contributed by atoms with Crippen molar-refractivity contribution >= 4 is 21.6 Å². The summed E-state index contributed by atoms with van der Waals surface area (Å²) in [6.07, 6.45) is 0.629. The van der Waals surface area contributed by atoms with E-state index in [1.165, 1.54) is 0 Å². The van der Waals surface area contributed by atoms with E-state index in [0.717, 1.165) is 16.5 Å². The lowest BCUT2D eigenvalue weighted by atomic mass is 10.2. The number of nitrogens with two attached hydrogens (primary N) is 1. The zero-order valence-electron chi connectivity index (χ0n) is 10.2. The molecule has 2 aromatic rings. The van der Waals surface area contributed by atoms with Gasteiger partial charge in [-0.05, 0) is 24.6 Å². The molecule has 2 rings (SSSR count). The first-order valence-electron chi connectivity index (χ1n) is 5.57. The molecule has 2 N–H and O–H groups in total. The van der Waals surface area contributed by atoms with Gasteiger partial charge in [0.05, 0.1) is 5.56 Å². The van der Waals surface area contributed by atoms with E-state index in [4.69, 9.17) is 15.0 Å². The molecule has 1 unspecified atom stereocenters. The number of hydrogen-bond acceptors (Lipinski definition) is 5. The molecule has 0 spiro atoms. The lowest BCUT2D eigenvalue weighted by molar-refractivity contribution is 0.0903. The Morgan fingerprint density at radius 1 is 1.50 bits per heavy atom. The number of hydrogen-bond donors (Lipinski definition) is 1. The molecular formula is C12H14BrN3O2. The van der Waals surface area contributed by atoms with E-state index in [1.807, 2.05) is 19.1 Å². The van der Waals surface area contributed by atoms with E-state index in [1.54, 1.807) is 13.2 Å². The molecule has 1 aromatic carbocycles. The Kier molecular flexibility index (Phi) is 3.98. The molecule has 1 aromatic heterocycles. The summed E-state index contributed by atoms with van der Waals surface area (Å²) in [5.74, 6) is 0.947. The van der Waals surface area contributed by atoms with E-state index in [2.05, 4.69) is 26.1 Å². The number of methoxy groups -OCH3 is 1. The van der Waals surface area contributed by atoms with Crippen molar-refractivity contribution in [2.45, 2.75) is 19.4 Å². The van der Waals surface area contributed by atoms with Crippen molar-refractivity contribution in [1.29, 1.82) is 0 Å². The molecule has 96 valence electrons. The first-order chi connectivity index (χ1) is 8.65. The van der Waals surface area contributed by atoms with Crippen molar-refractivity contribution in [2.75, 3.05) is 12.8 Å². The van der Waals surface area contributed by atoms with Crippen molar-refractivity contribution < 1.29 is 9.26 Å². The quantitative estimate of drug-likeness (QED) is 0.878. The van der Waals surface area contributed by atoms with Gasteiger partial charge < -0.3 is 15.0 Å². The van der Waals surface area contributed by atoms with Crippen LogP contribution in [0.1, 0.15) is 25.3 Å². The summed E-state index contributed by atoms with van der Waals surface area (Å²) in [6, 6.07) is 5.51. The maximum absolute atomic E-state index is 5.91. The third-order valence-electron chi connectivity index (χ3n) is 2.63. The van der Waals surface area contributed by atoms with E-state index < -0.39 is 0 Å². The fourth-order valence-corrected chi connectivity index (χ4v) is 2.04. The van der Waals surface area contributed by atoms with Crippen molar-refractivity contribution in [2.24, 2.45) is 0 Å². The van der Waals surface area contributed by atoms with Crippen LogP contribution in [0.25, 0.3) is 11.5 Å². The molecule has 1 atom stereocenters. The number of nitrogen functional groups attached to an aromatic ring is 1. The molecule has 0 bridgehead atoms. The van der Waals surface area contributed by atoms with Gasteiger partial charge in [0.1, 0.15) is 6.10 Å². The van der Waals surface area contributed by atoms with Crippen LogP contribution in [-0.2, 0) is 4.74 Å². The molecule has 1 heterocycles. The van der Waals surface area contributed by atoms with Crippen LogP contribution in [0.3, 0.4) is 0 Å². The molecule has 18 heavy (non-hydrogen) atoms. The SMILES string of the molecule is CCC(OC)c1noc(-c2ccc(Br)cc2N)n1. The molecule has 0 radical (unpaired) electrons. The van der Waals surface area contributed by atoms with Crippen LogP contribution in [0.4, 0.5) is 5.69 Å². The molecule has 6 heteroatoms. The van der Waals surface area contributed by atoms with Crippen molar-refractivity contribution in [3.8, 4) is 11.5 Å². The Labute approximate surface area is 113 Å². The molecule has 0 amide bonds. The number of aromatic nitrogens is 2. The highest BCUT2D eigenvalue weighted by Gasteiger charge is 2.17. The van der Waals surface area contributed by atoms with Gasteiger partial charge in [0.15, 0.2) is 0 Å². The minimum absolute atomic E-state index is 0.154. The highest BCUT2D eigenvalue weighted by Crippen LogP contribution is 2.28. The second kappa shape index (κ2) is 5.49. The lowest BCUT2D eigenvalue weighted by Gasteiger charge is -2.06. The molecule has 0 aliphatic rings. The third kappa shape index (κ3) is 2.54. The predicted octanol–water partition coefficient (Wildman–Crippen LogP) is 3.18. The summed E-state index contributed by atoms with van der Waals surface area (Å²) in [5.41, 5.74) is 7.23. The van der Waals surface area contributed by atoms with Crippen LogP contribution < -0.4 is 5.73 Å². The second-order valence-electron chi connectivity index (χ2n) is 3.82. The van der Waals surface area contributed by atoms with E-state index in [9.17, 15) is 0 Å². The molecule has 0 fully saturated rings. The van der Waals surface area contributed by atoms with Gasteiger partial charge >= 0.3 is 0 Å². The number of ether oxygens (including phenoxy) is 1. The van der Waals surface area contributed by atoms with Crippen molar-refractivity contribution in [3.63, 3.8) is 0 Å². The standard InChI is InChI=1S/C12H14BrN3O2/c1-3-10(17-2)11-15-12(18-16-11)8-5-4-7(13)6-9(8)14/h4-6,10H,3,14H2,1-2H3. The van der Waals surface area contributed by atoms with Gasteiger partial charge in [0.2, 0.25) is 5.82 Å². The Hall–Kier alpha value is -1.40. The Balaban J connectivity index is 2.34. The average molecular weight is 312 g/mol. The van der Waals surface area contributed by atoms with Crippen molar-refractivity contribution in [3.05, 3.63) is 28.5 Å². The summed E-state index contributed by atoms with van der Waals surface area (Å²) < 4.78 is 11.4. The van der Waals surface area contributed by atoms with E-state index in [0.29, 0.717) is 17.4 Å². The van der Waals surface area contributed by atoms with E-state index in [-0.39, 0.29) is 6.10 Å². The smallest absolute Gasteiger partial charge is 0.260 e. The summed E-state index contributed by atoms with van der Waals surface area (Å²) >= 11 is 3.35. The number of halogens is 1. The minimum Gasteiger partial charge on any atom is -0.398 e.